The van der Waals surface area contributed by atoms with Crippen LogP contribution >= 0.6 is 0 Å². The van der Waals surface area contributed by atoms with Gasteiger partial charge in [-0.1, -0.05) is 20.3 Å². The number of rotatable bonds is 2. The molecule has 106 valence electrons. The van der Waals surface area contributed by atoms with Crippen molar-refractivity contribution in [3.8, 4) is 0 Å². The van der Waals surface area contributed by atoms with Crippen molar-refractivity contribution in [3.63, 3.8) is 0 Å². The maximum absolute atomic E-state index is 12.6. The Kier molecular flexibility index (Phi) is 3.52. The van der Waals surface area contributed by atoms with Crippen LogP contribution in [0.2, 0.25) is 0 Å². The number of nitrogens with one attached hydrogen (secondary N) is 1. The van der Waals surface area contributed by atoms with Crippen molar-refractivity contribution in [2.75, 3.05) is 13.1 Å². The zero-order chi connectivity index (χ0) is 14.2. The highest BCUT2D eigenvalue weighted by Crippen LogP contribution is 2.43. The number of hydrogen-bond donors (Lipinski definition) is 2. The number of piperazine rings is 1. The molecule has 0 spiro atoms. The Morgan fingerprint density at radius 1 is 1.42 bits per heavy atom. The van der Waals surface area contributed by atoms with E-state index in [2.05, 4.69) is 5.32 Å². The first kappa shape index (κ1) is 13.8. The van der Waals surface area contributed by atoms with Crippen LogP contribution in [0.5, 0.6) is 0 Å². The Balaban J connectivity index is 2.19. The predicted octanol–water partition coefficient (Wildman–Crippen LogP) is 0.224. The van der Waals surface area contributed by atoms with Crippen molar-refractivity contribution in [2.45, 2.75) is 39.2 Å². The first-order valence-electron chi connectivity index (χ1n) is 6.63. The van der Waals surface area contributed by atoms with Gasteiger partial charge in [-0.05, 0) is 18.3 Å². The summed E-state index contributed by atoms with van der Waals surface area (Å²) in [7, 11) is 0. The van der Waals surface area contributed by atoms with E-state index < -0.39 is 12.0 Å². The maximum atomic E-state index is 12.6. The number of carboxylic acids is 1. The molecule has 0 aromatic carbocycles. The Morgan fingerprint density at radius 3 is 2.63 bits per heavy atom. The molecule has 0 aromatic rings. The van der Waals surface area contributed by atoms with Gasteiger partial charge in [0.2, 0.25) is 11.8 Å². The van der Waals surface area contributed by atoms with Gasteiger partial charge in [-0.25, -0.2) is 4.79 Å². The summed E-state index contributed by atoms with van der Waals surface area (Å²) in [6, 6.07) is -0.943. The minimum atomic E-state index is -1.07. The summed E-state index contributed by atoms with van der Waals surface area (Å²) >= 11 is 0. The highest BCUT2D eigenvalue weighted by Gasteiger charge is 2.45. The monoisotopic (exact) mass is 268 g/mol. The molecule has 6 nitrogen and oxygen atoms in total. The van der Waals surface area contributed by atoms with E-state index in [0.29, 0.717) is 0 Å². The second-order valence-electron chi connectivity index (χ2n) is 6.06. The molecule has 2 rings (SSSR count). The molecule has 1 saturated carbocycles. The van der Waals surface area contributed by atoms with Gasteiger partial charge >= 0.3 is 5.97 Å². The highest BCUT2D eigenvalue weighted by atomic mass is 16.4. The summed E-state index contributed by atoms with van der Waals surface area (Å²) in [5.74, 6) is -1.73. The second kappa shape index (κ2) is 4.83. The fraction of sp³-hybridized carbons (Fsp3) is 0.769. The van der Waals surface area contributed by atoms with E-state index in [-0.39, 0.29) is 36.2 Å². The number of carbonyl (C=O) groups excluding carboxylic acids is 2. The molecule has 1 saturated heterocycles. The van der Waals surface area contributed by atoms with Crippen molar-refractivity contribution >= 4 is 17.8 Å². The largest absolute Gasteiger partial charge is 0.480 e. The van der Waals surface area contributed by atoms with E-state index in [4.69, 9.17) is 0 Å². The molecule has 1 heterocycles. The number of hydrogen-bond acceptors (Lipinski definition) is 3. The fourth-order valence-corrected chi connectivity index (χ4v) is 3.08. The lowest BCUT2D eigenvalue weighted by atomic mass is 9.80. The topological polar surface area (TPSA) is 86.7 Å². The first-order chi connectivity index (χ1) is 8.83. The smallest absolute Gasteiger partial charge is 0.328 e. The average molecular weight is 268 g/mol. The lowest BCUT2D eigenvalue weighted by molar-refractivity contribution is -0.157. The Bertz CT molecular complexity index is 419. The molecule has 19 heavy (non-hydrogen) atoms. The van der Waals surface area contributed by atoms with Crippen LogP contribution in [0.1, 0.15) is 33.1 Å². The Morgan fingerprint density at radius 2 is 2.11 bits per heavy atom. The second-order valence-corrected chi connectivity index (χ2v) is 6.06. The molecule has 1 aliphatic heterocycles. The van der Waals surface area contributed by atoms with Gasteiger partial charge in [-0.15, -0.1) is 0 Å². The minimum absolute atomic E-state index is 0.00689. The third-order valence-corrected chi connectivity index (χ3v) is 4.31. The van der Waals surface area contributed by atoms with Crippen LogP contribution in [0, 0.1) is 11.3 Å². The quantitative estimate of drug-likeness (QED) is 0.750. The lowest BCUT2D eigenvalue weighted by Gasteiger charge is -2.37. The van der Waals surface area contributed by atoms with E-state index in [1.165, 1.54) is 4.90 Å². The predicted molar refractivity (Wildman–Crippen MR) is 67.3 cm³/mol. The van der Waals surface area contributed by atoms with Gasteiger partial charge < -0.3 is 15.3 Å². The normalized spacial score (nSPS) is 30.0. The molecule has 1 aliphatic carbocycles. The van der Waals surface area contributed by atoms with Crippen molar-refractivity contribution < 1.29 is 19.5 Å². The molecule has 0 bridgehead atoms. The number of aliphatic carboxylic acids is 1. The molecule has 2 unspecified atom stereocenters. The van der Waals surface area contributed by atoms with Gasteiger partial charge in [0, 0.05) is 12.5 Å². The van der Waals surface area contributed by atoms with E-state index >= 15 is 0 Å². The fourth-order valence-electron chi connectivity index (χ4n) is 3.08. The number of carbonyl (C=O) groups is 3. The summed E-state index contributed by atoms with van der Waals surface area (Å²) in [5, 5.41) is 11.7. The van der Waals surface area contributed by atoms with Crippen LogP contribution in [0.3, 0.4) is 0 Å². The number of nitrogens with zero attached hydrogens (tertiary/aromatic N) is 1. The zero-order valence-electron chi connectivity index (χ0n) is 11.3. The van der Waals surface area contributed by atoms with Crippen LogP contribution < -0.4 is 5.32 Å². The minimum Gasteiger partial charge on any atom is -0.480 e. The molecular weight excluding hydrogens is 248 g/mol. The summed E-state index contributed by atoms with van der Waals surface area (Å²) in [5.41, 5.74) is -0.117. The summed E-state index contributed by atoms with van der Waals surface area (Å²) in [6.45, 7) is 3.90. The highest BCUT2D eigenvalue weighted by molar-refractivity contribution is 5.92. The molecule has 6 heteroatoms. The molecule has 2 amide bonds. The van der Waals surface area contributed by atoms with Crippen molar-refractivity contribution in [2.24, 2.45) is 11.3 Å². The van der Waals surface area contributed by atoms with Gasteiger partial charge in [0.05, 0.1) is 0 Å². The van der Waals surface area contributed by atoms with Crippen LogP contribution in [0.25, 0.3) is 0 Å². The third kappa shape index (κ3) is 2.57. The summed E-state index contributed by atoms with van der Waals surface area (Å²) in [4.78, 5) is 36.4. The molecule has 2 aliphatic rings. The third-order valence-electron chi connectivity index (χ3n) is 4.31. The Labute approximate surface area is 112 Å². The molecule has 0 aromatic heterocycles. The lowest BCUT2D eigenvalue weighted by Crippen LogP contribution is -2.60. The number of carboxylic acid groups (broad SMARTS) is 1. The molecular formula is C13H20N2O4. The molecule has 2 N–H and O–H groups in total. The van der Waals surface area contributed by atoms with E-state index in [1.54, 1.807) is 0 Å². The maximum Gasteiger partial charge on any atom is 0.328 e. The van der Waals surface area contributed by atoms with Gasteiger partial charge in [0.1, 0.15) is 12.6 Å². The molecule has 0 radical (unpaired) electrons. The number of amides is 2. The van der Waals surface area contributed by atoms with Gasteiger partial charge in [0.15, 0.2) is 0 Å². The standard InChI is InChI=1S/C13H20N2O4/c1-13(2)5-3-4-8(13)11(17)15-7-10(16)14-6-9(15)12(18)19/h8-9H,3-7H2,1-2H3,(H,14,16)(H,18,19). The van der Waals surface area contributed by atoms with Gasteiger partial charge in [-0.2, -0.15) is 0 Å². The van der Waals surface area contributed by atoms with E-state index in [9.17, 15) is 19.5 Å². The van der Waals surface area contributed by atoms with Crippen LogP contribution in [0.4, 0.5) is 0 Å². The van der Waals surface area contributed by atoms with Crippen LogP contribution in [0.15, 0.2) is 0 Å². The van der Waals surface area contributed by atoms with Crippen molar-refractivity contribution in [3.05, 3.63) is 0 Å². The first-order valence-corrected chi connectivity index (χ1v) is 6.63. The SMILES string of the molecule is CC1(C)CCCC1C(=O)N1CC(=O)NCC1C(=O)O. The van der Waals surface area contributed by atoms with Gasteiger partial charge in [-0.3, -0.25) is 9.59 Å². The average Bonchev–Trinajstić information content (AvgIpc) is 2.67. The van der Waals surface area contributed by atoms with E-state index in [1.807, 2.05) is 13.8 Å². The van der Waals surface area contributed by atoms with Crippen LogP contribution in [-0.2, 0) is 14.4 Å². The summed E-state index contributed by atoms with van der Waals surface area (Å²) in [6.07, 6.45) is 2.71. The molecule has 2 atom stereocenters. The Hall–Kier alpha value is -1.59. The van der Waals surface area contributed by atoms with Crippen molar-refractivity contribution in [1.29, 1.82) is 0 Å². The zero-order valence-corrected chi connectivity index (χ0v) is 11.3. The van der Waals surface area contributed by atoms with Gasteiger partial charge in [0.25, 0.3) is 0 Å². The van der Waals surface area contributed by atoms with Crippen LogP contribution in [-0.4, -0.2) is 46.9 Å². The molecule has 2 fully saturated rings. The summed E-state index contributed by atoms with van der Waals surface area (Å²) < 4.78 is 0. The van der Waals surface area contributed by atoms with E-state index in [0.717, 1.165) is 19.3 Å². The van der Waals surface area contributed by atoms with Crippen molar-refractivity contribution in [1.82, 2.24) is 10.2 Å².